The van der Waals surface area contributed by atoms with Crippen LogP contribution in [0.1, 0.15) is 38.5 Å². The fourth-order valence-electron chi connectivity index (χ4n) is 4.43. The van der Waals surface area contributed by atoms with Gasteiger partial charge in [0.2, 0.25) is 0 Å². The maximum Gasteiger partial charge on any atom is 0.165 e. The summed E-state index contributed by atoms with van der Waals surface area (Å²) >= 11 is 0. The van der Waals surface area contributed by atoms with E-state index in [1.54, 1.807) is 17.1 Å². The number of nitrogens with zero attached hydrogens (tertiary/aromatic N) is 5. The Labute approximate surface area is 158 Å². The molecular formula is C20H24N6O. The smallest absolute Gasteiger partial charge is 0.165 e. The SMILES string of the molecule is Cn1ncc2c(NC3COC4(CCCCC4)C3)nc(-c3cccnc3)nc21. The highest BCUT2D eigenvalue weighted by Crippen LogP contribution is 2.40. The van der Waals surface area contributed by atoms with Gasteiger partial charge in [0.1, 0.15) is 5.82 Å². The number of nitrogens with one attached hydrogen (secondary N) is 1. The quantitative estimate of drug-likeness (QED) is 0.768. The zero-order chi connectivity index (χ0) is 18.3. The first-order valence-corrected chi connectivity index (χ1v) is 9.73. The van der Waals surface area contributed by atoms with Crippen molar-refractivity contribution < 1.29 is 4.74 Å². The molecule has 4 heterocycles. The molecule has 7 nitrogen and oxygen atoms in total. The summed E-state index contributed by atoms with van der Waals surface area (Å²) in [6.45, 7) is 0.730. The van der Waals surface area contributed by atoms with Crippen LogP contribution in [0.2, 0.25) is 0 Å². The van der Waals surface area contributed by atoms with Crippen molar-refractivity contribution in [2.75, 3.05) is 11.9 Å². The molecule has 0 radical (unpaired) electrons. The molecule has 1 unspecified atom stereocenters. The number of rotatable bonds is 3. The average Bonchev–Trinajstić information content (AvgIpc) is 3.27. The van der Waals surface area contributed by atoms with Gasteiger partial charge in [-0.05, 0) is 31.4 Å². The molecule has 140 valence electrons. The Hall–Kier alpha value is -2.54. The number of hydrogen-bond donors (Lipinski definition) is 1. The van der Waals surface area contributed by atoms with E-state index in [2.05, 4.69) is 15.4 Å². The molecule has 1 N–H and O–H groups in total. The zero-order valence-corrected chi connectivity index (χ0v) is 15.6. The Morgan fingerprint density at radius 1 is 1.19 bits per heavy atom. The highest BCUT2D eigenvalue weighted by atomic mass is 16.5. The van der Waals surface area contributed by atoms with Crippen LogP contribution in [0.4, 0.5) is 5.82 Å². The number of aromatic nitrogens is 5. The van der Waals surface area contributed by atoms with Crippen molar-refractivity contribution in [2.24, 2.45) is 7.05 Å². The van der Waals surface area contributed by atoms with Gasteiger partial charge >= 0.3 is 0 Å². The van der Waals surface area contributed by atoms with E-state index < -0.39 is 0 Å². The summed E-state index contributed by atoms with van der Waals surface area (Å²) in [7, 11) is 1.90. The molecule has 0 aromatic carbocycles. The molecular weight excluding hydrogens is 340 g/mol. The normalized spacial score (nSPS) is 21.7. The van der Waals surface area contributed by atoms with E-state index in [0.29, 0.717) is 5.82 Å². The molecule has 1 aliphatic carbocycles. The third kappa shape index (κ3) is 3.06. The molecule has 0 amide bonds. The van der Waals surface area contributed by atoms with Crippen molar-refractivity contribution >= 4 is 16.9 Å². The van der Waals surface area contributed by atoms with Crippen LogP contribution in [-0.2, 0) is 11.8 Å². The summed E-state index contributed by atoms with van der Waals surface area (Å²) in [5, 5.41) is 8.95. The van der Waals surface area contributed by atoms with Crippen molar-refractivity contribution in [3.05, 3.63) is 30.7 Å². The van der Waals surface area contributed by atoms with Crippen LogP contribution in [-0.4, -0.2) is 43.0 Å². The second-order valence-electron chi connectivity index (χ2n) is 7.74. The third-order valence-electron chi connectivity index (χ3n) is 5.83. The molecule has 1 spiro atoms. The van der Waals surface area contributed by atoms with Crippen LogP contribution in [0, 0.1) is 0 Å². The number of hydrogen-bond acceptors (Lipinski definition) is 6. The Morgan fingerprint density at radius 2 is 2.07 bits per heavy atom. The Morgan fingerprint density at radius 3 is 2.89 bits per heavy atom. The number of pyridine rings is 1. The minimum Gasteiger partial charge on any atom is -0.373 e. The second-order valence-corrected chi connectivity index (χ2v) is 7.74. The fraction of sp³-hybridized carbons (Fsp3) is 0.500. The zero-order valence-electron chi connectivity index (χ0n) is 15.6. The number of anilines is 1. The van der Waals surface area contributed by atoms with Crippen LogP contribution in [0.25, 0.3) is 22.4 Å². The Balaban J connectivity index is 1.47. The molecule has 2 fully saturated rings. The van der Waals surface area contributed by atoms with Crippen LogP contribution in [0.15, 0.2) is 30.7 Å². The van der Waals surface area contributed by atoms with E-state index in [1.807, 2.05) is 25.4 Å². The van der Waals surface area contributed by atoms with Crippen molar-refractivity contribution in [1.29, 1.82) is 0 Å². The standard InChI is InChI=1S/C20H24N6O/c1-26-19-16(12-22-26)18(24-17(25-19)14-6-5-9-21-11-14)23-15-10-20(27-13-15)7-3-2-4-8-20/h5-6,9,11-12,15H,2-4,7-8,10,13H2,1H3,(H,23,24,25). The van der Waals surface area contributed by atoms with Gasteiger partial charge < -0.3 is 10.1 Å². The molecule has 1 atom stereocenters. The molecule has 7 heteroatoms. The maximum absolute atomic E-state index is 6.26. The second kappa shape index (κ2) is 6.56. The predicted molar refractivity (Wildman–Crippen MR) is 103 cm³/mol. The minimum atomic E-state index is 0.0726. The lowest BCUT2D eigenvalue weighted by molar-refractivity contribution is -0.0244. The van der Waals surface area contributed by atoms with Crippen molar-refractivity contribution in [2.45, 2.75) is 50.2 Å². The molecule has 0 bridgehead atoms. The van der Waals surface area contributed by atoms with Gasteiger partial charge in [-0.15, -0.1) is 0 Å². The molecule has 1 saturated heterocycles. The van der Waals surface area contributed by atoms with Gasteiger partial charge in [-0.1, -0.05) is 19.3 Å². The van der Waals surface area contributed by atoms with Crippen LogP contribution in [0.3, 0.4) is 0 Å². The monoisotopic (exact) mass is 364 g/mol. The summed E-state index contributed by atoms with van der Waals surface area (Å²) < 4.78 is 8.05. The van der Waals surface area contributed by atoms with Gasteiger partial charge in [0, 0.05) is 25.0 Å². The van der Waals surface area contributed by atoms with Crippen molar-refractivity contribution in [3.8, 4) is 11.4 Å². The molecule has 1 saturated carbocycles. The summed E-state index contributed by atoms with van der Waals surface area (Å²) in [5.74, 6) is 1.49. The Kier molecular flexibility index (Phi) is 4.04. The lowest BCUT2D eigenvalue weighted by atomic mass is 9.82. The van der Waals surface area contributed by atoms with E-state index in [1.165, 1.54) is 32.1 Å². The van der Waals surface area contributed by atoms with Crippen LogP contribution in [0.5, 0.6) is 0 Å². The topological polar surface area (TPSA) is 77.8 Å². The molecule has 5 rings (SSSR count). The first-order chi connectivity index (χ1) is 13.2. The van der Waals surface area contributed by atoms with Gasteiger partial charge in [-0.3, -0.25) is 9.67 Å². The van der Waals surface area contributed by atoms with Crippen LogP contribution >= 0.6 is 0 Å². The first kappa shape index (κ1) is 16.6. The van der Waals surface area contributed by atoms with E-state index in [0.717, 1.165) is 35.4 Å². The highest BCUT2D eigenvalue weighted by Gasteiger charge is 2.41. The molecule has 3 aromatic rings. The maximum atomic E-state index is 6.26. The number of fused-ring (bicyclic) bond motifs is 1. The average molecular weight is 364 g/mol. The van der Waals surface area contributed by atoms with E-state index >= 15 is 0 Å². The summed E-state index contributed by atoms with van der Waals surface area (Å²) in [6, 6.07) is 4.14. The molecule has 1 aliphatic heterocycles. The third-order valence-corrected chi connectivity index (χ3v) is 5.83. The summed E-state index contributed by atoms with van der Waals surface area (Å²) in [4.78, 5) is 13.7. The lowest BCUT2D eigenvalue weighted by Gasteiger charge is -2.32. The highest BCUT2D eigenvalue weighted by molar-refractivity contribution is 5.88. The predicted octanol–water partition coefficient (Wildman–Crippen LogP) is 3.33. The molecule has 2 aliphatic rings. The van der Waals surface area contributed by atoms with E-state index in [9.17, 15) is 0 Å². The van der Waals surface area contributed by atoms with Gasteiger partial charge in [0.15, 0.2) is 11.5 Å². The summed E-state index contributed by atoms with van der Waals surface area (Å²) in [5.41, 5.74) is 1.79. The summed E-state index contributed by atoms with van der Waals surface area (Å²) in [6.07, 6.45) is 12.7. The molecule has 3 aromatic heterocycles. The Bertz CT molecular complexity index is 948. The van der Waals surface area contributed by atoms with E-state index in [4.69, 9.17) is 14.7 Å². The number of ether oxygens (including phenoxy) is 1. The van der Waals surface area contributed by atoms with Crippen LogP contribution < -0.4 is 5.32 Å². The lowest BCUT2D eigenvalue weighted by Crippen LogP contribution is -2.31. The first-order valence-electron chi connectivity index (χ1n) is 9.73. The van der Waals surface area contributed by atoms with Gasteiger partial charge in [-0.2, -0.15) is 5.10 Å². The molecule has 27 heavy (non-hydrogen) atoms. The van der Waals surface area contributed by atoms with Crippen molar-refractivity contribution in [3.63, 3.8) is 0 Å². The largest absolute Gasteiger partial charge is 0.373 e. The van der Waals surface area contributed by atoms with E-state index in [-0.39, 0.29) is 11.6 Å². The van der Waals surface area contributed by atoms with Gasteiger partial charge in [0.25, 0.3) is 0 Å². The van der Waals surface area contributed by atoms with Gasteiger partial charge in [0.05, 0.1) is 29.8 Å². The fourth-order valence-corrected chi connectivity index (χ4v) is 4.43. The van der Waals surface area contributed by atoms with Gasteiger partial charge in [-0.25, -0.2) is 9.97 Å². The van der Waals surface area contributed by atoms with Crippen molar-refractivity contribution in [1.82, 2.24) is 24.7 Å². The minimum absolute atomic E-state index is 0.0726. The number of aryl methyl sites for hydroxylation is 1.